The lowest BCUT2D eigenvalue weighted by Gasteiger charge is -2.06. The average molecular weight is 237 g/mol. The second kappa shape index (κ2) is 4.94. The van der Waals surface area contributed by atoms with Gasteiger partial charge in [-0.3, -0.25) is 4.98 Å². The molecule has 0 fully saturated rings. The van der Waals surface area contributed by atoms with E-state index in [-0.39, 0.29) is 5.02 Å². The third-order valence-electron chi connectivity index (χ3n) is 2.14. The summed E-state index contributed by atoms with van der Waals surface area (Å²) in [4.78, 5) is 4.00. The van der Waals surface area contributed by atoms with Crippen LogP contribution in [-0.2, 0) is 6.54 Å². The van der Waals surface area contributed by atoms with Crippen molar-refractivity contribution in [3.05, 3.63) is 59.1 Å². The maximum Gasteiger partial charge on any atom is 0.141 e. The van der Waals surface area contributed by atoms with E-state index in [2.05, 4.69) is 10.3 Å². The van der Waals surface area contributed by atoms with E-state index in [0.717, 1.165) is 11.3 Å². The first-order valence-corrected chi connectivity index (χ1v) is 5.21. The molecule has 1 aromatic carbocycles. The van der Waals surface area contributed by atoms with Crippen molar-refractivity contribution < 1.29 is 4.39 Å². The van der Waals surface area contributed by atoms with Crippen molar-refractivity contribution in [1.82, 2.24) is 4.98 Å². The third-order valence-corrected chi connectivity index (χ3v) is 2.43. The predicted octanol–water partition coefficient (Wildman–Crippen LogP) is 3.49. The number of nitrogens with zero attached hydrogens (tertiary/aromatic N) is 1. The van der Waals surface area contributed by atoms with E-state index in [1.54, 1.807) is 24.5 Å². The minimum Gasteiger partial charge on any atom is -0.381 e. The topological polar surface area (TPSA) is 24.9 Å². The van der Waals surface area contributed by atoms with Crippen molar-refractivity contribution in [3.8, 4) is 0 Å². The van der Waals surface area contributed by atoms with E-state index >= 15 is 0 Å². The number of nitrogens with one attached hydrogen (secondary N) is 1. The number of hydrogen-bond donors (Lipinski definition) is 1. The van der Waals surface area contributed by atoms with Crippen LogP contribution in [0.3, 0.4) is 0 Å². The molecule has 0 unspecified atom stereocenters. The molecule has 2 nitrogen and oxygen atoms in total. The molecule has 0 saturated carbocycles. The van der Waals surface area contributed by atoms with Gasteiger partial charge < -0.3 is 5.32 Å². The zero-order valence-electron chi connectivity index (χ0n) is 8.45. The first-order valence-electron chi connectivity index (χ1n) is 4.83. The SMILES string of the molecule is Fc1ccc(NCc2cccnc2)cc1Cl. The number of rotatable bonds is 3. The molecule has 0 bridgehead atoms. The molecule has 1 heterocycles. The van der Waals surface area contributed by atoms with Crippen LogP contribution in [0.4, 0.5) is 10.1 Å². The molecule has 0 spiro atoms. The lowest BCUT2D eigenvalue weighted by molar-refractivity contribution is 0.628. The largest absolute Gasteiger partial charge is 0.381 e. The standard InChI is InChI=1S/C12H10ClFN2/c13-11-6-10(3-4-12(11)14)16-8-9-2-1-5-15-7-9/h1-7,16H,8H2. The molecule has 16 heavy (non-hydrogen) atoms. The summed E-state index contributed by atoms with van der Waals surface area (Å²) < 4.78 is 12.9. The number of anilines is 1. The van der Waals surface area contributed by atoms with Gasteiger partial charge in [0.15, 0.2) is 0 Å². The van der Waals surface area contributed by atoms with E-state index in [4.69, 9.17) is 11.6 Å². The fourth-order valence-electron chi connectivity index (χ4n) is 1.31. The monoisotopic (exact) mass is 236 g/mol. The van der Waals surface area contributed by atoms with Crippen molar-refractivity contribution in [2.75, 3.05) is 5.32 Å². The summed E-state index contributed by atoms with van der Waals surface area (Å²) in [6, 6.07) is 8.39. The quantitative estimate of drug-likeness (QED) is 0.883. The fourth-order valence-corrected chi connectivity index (χ4v) is 1.49. The van der Waals surface area contributed by atoms with Gasteiger partial charge in [-0.1, -0.05) is 17.7 Å². The van der Waals surface area contributed by atoms with Crippen LogP contribution < -0.4 is 5.32 Å². The molecule has 0 saturated heterocycles. The average Bonchev–Trinajstić information content (AvgIpc) is 2.32. The van der Waals surface area contributed by atoms with Crippen molar-refractivity contribution >= 4 is 17.3 Å². The Kier molecular flexibility index (Phi) is 3.37. The molecule has 0 radical (unpaired) electrons. The first-order chi connectivity index (χ1) is 7.75. The van der Waals surface area contributed by atoms with Crippen LogP contribution in [0.2, 0.25) is 5.02 Å². The number of pyridine rings is 1. The Morgan fingerprint density at radius 2 is 2.19 bits per heavy atom. The Morgan fingerprint density at radius 1 is 1.31 bits per heavy atom. The number of hydrogen-bond acceptors (Lipinski definition) is 2. The molecule has 0 atom stereocenters. The van der Waals surface area contributed by atoms with Gasteiger partial charge in [-0.2, -0.15) is 0 Å². The van der Waals surface area contributed by atoms with Crippen LogP contribution >= 0.6 is 11.6 Å². The van der Waals surface area contributed by atoms with E-state index < -0.39 is 5.82 Å². The molecule has 2 rings (SSSR count). The lowest BCUT2D eigenvalue weighted by Crippen LogP contribution is -1.99. The van der Waals surface area contributed by atoms with E-state index in [0.29, 0.717) is 6.54 Å². The fraction of sp³-hybridized carbons (Fsp3) is 0.0833. The van der Waals surface area contributed by atoms with Gasteiger partial charge >= 0.3 is 0 Å². The van der Waals surface area contributed by atoms with E-state index in [1.807, 2.05) is 12.1 Å². The molecule has 0 aliphatic rings. The van der Waals surface area contributed by atoms with Gasteiger partial charge in [-0.25, -0.2) is 4.39 Å². The Balaban J connectivity index is 2.03. The molecule has 0 aliphatic heterocycles. The highest BCUT2D eigenvalue weighted by molar-refractivity contribution is 6.31. The Hall–Kier alpha value is -1.61. The smallest absolute Gasteiger partial charge is 0.141 e. The summed E-state index contributed by atoms with van der Waals surface area (Å²) in [5, 5.41) is 3.26. The molecule has 2 aromatic rings. The zero-order valence-corrected chi connectivity index (χ0v) is 9.21. The van der Waals surface area contributed by atoms with Gasteiger partial charge in [0, 0.05) is 24.6 Å². The van der Waals surface area contributed by atoms with Crippen molar-refractivity contribution in [3.63, 3.8) is 0 Å². The molecule has 1 N–H and O–H groups in total. The summed E-state index contributed by atoms with van der Waals surface area (Å²) in [5.41, 5.74) is 1.85. The number of aromatic nitrogens is 1. The Labute approximate surface area is 98.1 Å². The van der Waals surface area contributed by atoms with Gasteiger partial charge in [-0.05, 0) is 29.8 Å². The lowest BCUT2D eigenvalue weighted by atomic mass is 10.2. The highest BCUT2D eigenvalue weighted by Crippen LogP contribution is 2.19. The Morgan fingerprint density at radius 3 is 2.88 bits per heavy atom. The van der Waals surface area contributed by atoms with E-state index in [1.165, 1.54) is 6.07 Å². The molecular weight excluding hydrogens is 227 g/mol. The second-order valence-electron chi connectivity index (χ2n) is 3.34. The summed E-state index contributed by atoms with van der Waals surface area (Å²) in [7, 11) is 0. The molecule has 82 valence electrons. The normalized spacial score (nSPS) is 10.1. The molecule has 0 aliphatic carbocycles. The second-order valence-corrected chi connectivity index (χ2v) is 3.75. The Bertz CT molecular complexity index is 474. The molecule has 4 heteroatoms. The third kappa shape index (κ3) is 2.70. The maximum absolute atomic E-state index is 12.9. The maximum atomic E-state index is 12.9. The highest BCUT2D eigenvalue weighted by Gasteiger charge is 2.00. The van der Waals surface area contributed by atoms with Crippen LogP contribution in [0.1, 0.15) is 5.56 Å². The van der Waals surface area contributed by atoms with Crippen molar-refractivity contribution in [1.29, 1.82) is 0 Å². The van der Waals surface area contributed by atoms with Crippen LogP contribution in [0.5, 0.6) is 0 Å². The highest BCUT2D eigenvalue weighted by atomic mass is 35.5. The summed E-state index contributed by atoms with van der Waals surface area (Å²) in [6.07, 6.45) is 3.50. The van der Waals surface area contributed by atoms with Gasteiger partial charge in [0.2, 0.25) is 0 Å². The van der Waals surface area contributed by atoms with Gasteiger partial charge in [0.25, 0.3) is 0 Å². The van der Waals surface area contributed by atoms with E-state index in [9.17, 15) is 4.39 Å². The predicted molar refractivity (Wildman–Crippen MR) is 63.0 cm³/mol. The van der Waals surface area contributed by atoms with Crippen LogP contribution in [-0.4, -0.2) is 4.98 Å². The summed E-state index contributed by atoms with van der Waals surface area (Å²) in [5.74, 6) is -0.409. The summed E-state index contributed by atoms with van der Waals surface area (Å²) >= 11 is 5.67. The minimum atomic E-state index is -0.409. The first kappa shape index (κ1) is 10.9. The van der Waals surface area contributed by atoms with Gasteiger partial charge in [0.05, 0.1) is 5.02 Å². The molecule has 1 aromatic heterocycles. The molecular formula is C12H10ClFN2. The van der Waals surface area contributed by atoms with Crippen LogP contribution in [0, 0.1) is 5.82 Å². The van der Waals surface area contributed by atoms with Crippen LogP contribution in [0.15, 0.2) is 42.7 Å². The summed E-state index contributed by atoms with van der Waals surface area (Å²) in [6.45, 7) is 0.635. The van der Waals surface area contributed by atoms with Crippen molar-refractivity contribution in [2.24, 2.45) is 0 Å². The number of benzene rings is 1. The van der Waals surface area contributed by atoms with Crippen molar-refractivity contribution in [2.45, 2.75) is 6.54 Å². The molecule has 0 amide bonds. The van der Waals surface area contributed by atoms with Gasteiger partial charge in [0.1, 0.15) is 5.82 Å². The van der Waals surface area contributed by atoms with Gasteiger partial charge in [-0.15, -0.1) is 0 Å². The zero-order chi connectivity index (χ0) is 11.4. The number of halogens is 2. The van der Waals surface area contributed by atoms with Crippen LogP contribution in [0.25, 0.3) is 0 Å². The minimum absolute atomic E-state index is 0.121.